The highest BCUT2D eigenvalue weighted by Gasteiger charge is 2.03. The fraction of sp³-hybridized carbons (Fsp3) is 0.0909. The van der Waals surface area contributed by atoms with E-state index in [1.54, 1.807) is 12.1 Å². The summed E-state index contributed by atoms with van der Waals surface area (Å²) in [6.45, 7) is 1.98. The molecule has 4 heteroatoms. The molecule has 2 aromatic rings. The summed E-state index contributed by atoms with van der Waals surface area (Å²) in [6.07, 6.45) is 0. The summed E-state index contributed by atoms with van der Waals surface area (Å²) in [4.78, 5) is 0. The van der Waals surface area contributed by atoms with E-state index in [1.807, 2.05) is 31.2 Å². The first kappa shape index (κ1) is 9.98. The van der Waals surface area contributed by atoms with Crippen LogP contribution in [0.2, 0.25) is 0 Å². The van der Waals surface area contributed by atoms with Gasteiger partial charge in [0.1, 0.15) is 5.75 Å². The van der Waals surface area contributed by atoms with Gasteiger partial charge in [0.15, 0.2) is 0 Å². The van der Waals surface area contributed by atoms with Crippen LogP contribution in [-0.4, -0.2) is 8.42 Å². The standard InChI is InChI=1S/C11H10O3S/c1-8-4-2-6-10-9(8)5-3-7-11(10)14-15(12)13/h2-7,15H,1H3. The van der Waals surface area contributed by atoms with Gasteiger partial charge in [0.25, 0.3) is 11.0 Å². The van der Waals surface area contributed by atoms with E-state index in [0.717, 1.165) is 16.3 Å². The highest BCUT2D eigenvalue weighted by Crippen LogP contribution is 2.27. The zero-order chi connectivity index (χ0) is 10.8. The number of fused-ring (bicyclic) bond motifs is 1. The normalized spacial score (nSPS) is 10.8. The molecular formula is C11H10O3S. The Labute approximate surface area is 89.5 Å². The largest absolute Gasteiger partial charge is 0.384 e. The average Bonchev–Trinajstić information content (AvgIpc) is 2.19. The molecule has 2 aromatic carbocycles. The van der Waals surface area contributed by atoms with Crippen LogP contribution < -0.4 is 4.18 Å². The fourth-order valence-corrected chi connectivity index (χ4v) is 1.92. The Morgan fingerprint density at radius 3 is 2.40 bits per heavy atom. The van der Waals surface area contributed by atoms with Gasteiger partial charge in [-0.25, -0.2) is 0 Å². The molecular weight excluding hydrogens is 212 g/mol. The van der Waals surface area contributed by atoms with E-state index in [4.69, 9.17) is 4.18 Å². The van der Waals surface area contributed by atoms with Crippen molar-refractivity contribution in [2.24, 2.45) is 0 Å². The minimum absolute atomic E-state index is 0.382. The van der Waals surface area contributed by atoms with Crippen molar-refractivity contribution in [2.75, 3.05) is 0 Å². The van der Waals surface area contributed by atoms with E-state index < -0.39 is 11.0 Å². The molecule has 0 amide bonds. The molecule has 0 saturated carbocycles. The number of benzene rings is 2. The summed E-state index contributed by atoms with van der Waals surface area (Å²) in [5.74, 6) is 0.382. The maximum absolute atomic E-state index is 10.5. The molecule has 0 heterocycles. The van der Waals surface area contributed by atoms with Crippen LogP contribution >= 0.6 is 0 Å². The number of aryl methyl sites for hydroxylation is 1. The van der Waals surface area contributed by atoms with E-state index >= 15 is 0 Å². The molecule has 0 aliphatic heterocycles. The molecule has 0 spiro atoms. The van der Waals surface area contributed by atoms with Gasteiger partial charge in [0, 0.05) is 5.39 Å². The predicted octanol–water partition coefficient (Wildman–Crippen LogP) is 2.05. The minimum Gasteiger partial charge on any atom is -0.384 e. The molecule has 0 bridgehead atoms. The van der Waals surface area contributed by atoms with Gasteiger partial charge in [-0.15, -0.1) is 0 Å². The van der Waals surface area contributed by atoms with Gasteiger partial charge in [-0.05, 0) is 23.9 Å². The molecule has 0 aromatic heterocycles. The molecule has 2 rings (SSSR count). The van der Waals surface area contributed by atoms with Gasteiger partial charge >= 0.3 is 0 Å². The van der Waals surface area contributed by atoms with Gasteiger partial charge in [-0.2, -0.15) is 8.42 Å². The molecule has 3 nitrogen and oxygen atoms in total. The minimum atomic E-state index is -2.86. The molecule has 0 N–H and O–H groups in total. The Kier molecular flexibility index (Phi) is 2.60. The smallest absolute Gasteiger partial charge is 0.299 e. The third-order valence-electron chi connectivity index (χ3n) is 2.27. The van der Waals surface area contributed by atoms with Gasteiger partial charge in [0.05, 0.1) is 0 Å². The average molecular weight is 222 g/mol. The van der Waals surface area contributed by atoms with E-state index in [0.29, 0.717) is 5.75 Å². The third-order valence-corrected chi connectivity index (χ3v) is 2.62. The topological polar surface area (TPSA) is 43.4 Å². The highest BCUT2D eigenvalue weighted by molar-refractivity contribution is 7.67. The number of hydrogen-bond acceptors (Lipinski definition) is 3. The molecule has 0 saturated heterocycles. The van der Waals surface area contributed by atoms with Crippen LogP contribution in [0.5, 0.6) is 5.75 Å². The second-order valence-corrected chi connectivity index (χ2v) is 3.87. The Balaban J connectivity index is 2.71. The lowest BCUT2D eigenvalue weighted by Crippen LogP contribution is -1.91. The van der Waals surface area contributed by atoms with Gasteiger partial charge in [-0.1, -0.05) is 30.3 Å². The number of rotatable bonds is 2. The second-order valence-electron chi connectivity index (χ2n) is 3.24. The monoisotopic (exact) mass is 222 g/mol. The zero-order valence-corrected chi connectivity index (χ0v) is 9.03. The van der Waals surface area contributed by atoms with E-state index in [2.05, 4.69) is 0 Å². The Hall–Kier alpha value is -1.55. The summed E-state index contributed by atoms with van der Waals surface area (Å²) in [5, 5.41) is 1.82. The van der Waals surface area contributed by atoms with Crippen molar-refractivity contribution in [2.45, 2.75) is 6.92 Å². The Morgan fingerprint density at radius 1 is 1.00 bits per heavy atom. The van der Waals surface area contributed by atoms with Crippen molar-refractivity contribution < 1.29 is 12.6 Å². The number of hydrogen-bond donors (Lipinski definition) is 1. The summed E-state index contributed by atoms with van der Waals surface area (Å²) >= 11 is 0. The maximum Gasteiger partial charge on any atom is 0.299 e. The molecule has 78 valence electrons. The molecule has 0 atom stereocenters. The lowest BCUT2D eigenvalue weighted by atomic mass is 10.1. The summed E-state index contributed by atoms with van der Waals surface area (Å²) in [6, 6.07) is 11.1. The third kappa shape index (κ3) is 1.94. The first-order valence-corrected chi connectivity index (χ1v) is 5.59. The lowest BCUT2D eigenvalue weighted by molar-refractivity contribution is 0.513. The van der Waals surface area contributed by atoms with Crippen molar-refractivity contribution in [3.05, 3.63) is 42.0 Å². The first-order chi connectivity index (χ1) is 7.18. The van der Waals surface area contributed by atoms with Crippen molar-refractivity contribution in [3.63, 3.8) is 0 Å². The number of thiol groups is 1. The second kappa shape index (κ2) is 3.90. The summed E-state index contributed by atoms with van der Waals surface area (Å²) in [7, 11) is -2.86. The Morgan fingerprint density at radius 2 is 1.67 bits per heavy atom. The van der Waals surface area contributed by atoms with Crippen molar-refractivity contribution in [1.82, 2.24) is 0 Å². The van der Waals surface area contributed by atoms with E-state index in [1.165, 1.54) is 0 Å². The van der Waals surface area contributed by atoms with Crippen molar-refractivity contribution in [1.29, 1.82) is 0 Å². The lowest BCUT2D eigenvalue weighted by Gasteiger charge is -2.05. The van der Waals surface area contributed by atoms with Crippen LogP contribution in [0.25, 0.3) is 10.8 Å². The van der Waals surface area contributed by atoms with Gasteiger partial charge < -0.3 is 4.18 Å². The molecule has 0 aliphatic rings. The molecule has 0 unspecified atom stereocenters. The Bertz CT molecular complexity index is 565. The summed E-state index contributed by atoms with van der Waals surface area (Å²) < 4.78 is 25.8. The molecule has 0 aliphatic carbocycles. The van der Waals surface area contributed by atoms with E-state index in [9.17, 15) is 8.42 Å². The van der Waals surface area contributed by atoms with Crippen molar-refractivity contribution >= 4 is 21.8 Å². The first-order valence-electron chi connectivity index (χ1n) is 4.49. The fourth-order valence-electron chi connectivity index (χ4n) is 1.60. The van der Waals surface area contributed by atoms with Crippen LogP contribution in [0.1, 0.15) is 5.56 Å². The predicted molar refractivity (Wildman–Crippen MR) is 59.6 cm³/mol. The zero-order valence-electron chi connectivity index (χ0n) is 8.14. The van der Waals surface area contributed by atoms with Gasteiger partial charge in [-0.3, -0.25) is 0 Å². The molecule has 15 heavy (non-hydrogen) atoms. The highest BCUT2D eigenvalue weighted by atomic mass is 32.2. The summed E-state index contributed by atoms with van der Waals surface area (Å²) in [5.41, 5.74) is 1.10. The molecule has 0 radical (unpaired) electrons. The maximum atomic E-state index is 10.5. The van der Waals surface area contributed by atoms with Crippen LogP contribution in [0.4, 0.5) is 0 Å². The van der Waals surface area contributed by atoms with E-state index in [-0.39, 0.29) is 0 Å². The van der Waals surface area contributed by atoms with Crippen LogP contribution in [0, 0.1) is 6.92 Å². The van der Waals surface area contributed by atoms with Crippen LogP contribution in [0.15, 0.2) is 36.4 Å². The molecule has 0 fully saturated rings. The van der Waals surface area contributed by atoms with Crippen molar-refractivity contribution in [3.8, 4) is 5.75 Å². The quantitative estimate of drug-likeness (QED) is 0.791. The van der Waals surface area contributed by atoms with Crippen LogP contribution in [-0.2, 0) is 11.0 Å². The van der Waals surface area contributed by atoms with Crippen LogP contribution in [0.3, 0.4) is 0 Å². The van der Waals surface area contributed by atoms with Gasteiger partial charge in [0.2, 0.25) is 0 Å². The SMILES string of the molecule is Cc1cccc2c(O[SH](=O)=O)cccc12.